The third-order valence-corrected chi connectivity index (χ3v) is 3.15. The Hall–Kier alpha value is 0.270. The van der Waals surface area contributed by atoms with Crippen LogP contribution in [0, 0.1) is 0 Å². The first-order chi connectivity index (χ1) is 5.88. The number of rotatable bonds is 6. The first kappa shape index (κ1) is 10.4. The highest BCUT2D eigenvalue weighted by molar-refractivity contribution is 7.98. The molecule has 2 nitrogen and oxygen atoms in total. The molecule has 72 valence electrons. The Morgan fingerprint density at radius 3 is 2.58 bits per heavy atom. The summed E-state index contributed by atoms with van der Waals surface area (Å²) >= 11 is 1.88. The van der Waals surface area contributed by atoms with Crippen LogP contribution in [-0.2, 0) is 0 Å². The summed E-state index contributed by atoms with van der Waals surface area (Å²) < 4.78 is 0. The lowest BCUT2D eigenvalue weighted by atomic mass is 9.91. The Labute approximate surface area is 79.3 Å². The fourth-order valence-electron chi connectivity index (χ4n) is 1.57. The smallest absolute Gasteiger partial charge is 0.0558 e. The fraction of sp³-hybridized carbons (Fsp3) is 1.00. The van der Waals surface area contributed by atoms with Crippen LogP contribution in [0.3, 0.4) is 0 Å². The van der Waals surface area contributed by atoms with Gasteiger partial charge in [-0.05, 0) is 19.1 Å². The van der Waals surface area contributed by atoms with Crippen LogP contribution in [0.25, 0.3) is 0 Å². The molecule has 0 atom stereocenters. The number of thioether (sulfide) groups is 1. The minimum absolute atomic E-state index is 0.310. The molecule has 1 aliphatic carbocycles. The van der Waals surface area contributed by atoms with Crippen LogP contribution in [-0.4, -0.2) is 47.8 Å². The van der Waals surface area contributed by atoms with E-state index >= 15 is 0 Å². The van der Waals surface area contributed by atoms with Crippen molar-refractivity contribution in [1.82, 2.24) is 4.90 Å². The zero-order chi connectivity index (χ0) is 8.81. The van der Waals surface area contributed by atoms with Crippen molar-refractivity contribution in [2.75, 3.05) is 31.7 Å². The van der Waals surface area contributed by atoms with E-state index in [0.29, 0.717) is 6.61 Å². The van der Waals surface area contributed by atoms with Gasteiger partial charge < -0.3 is 5.11 Å². The summed E-state index contributed by atoms with van der Waals surface area (Å²) in [6.45, 7) is 2.32. The zero-order valence-electron chi connectivity index (χ0n) is 7.83. The third kappa shape index (κ3) is 2.96. The molecule has 3 heteroatoms. The highest BCUT2D eigenvalue weighted by Crippen LogP contribution is 2.24. The Morgan fingerprint density at radius 1 is 1.42 bits per heavy atom. The van der Waals surface area contributed by atoms with Crippen LogP contribution in [0.1, 0.15) is 19.3 Å². The number of hydrogen-bond acceptors (Lipinski definition) is 3. The van der Waals surface area contributed by atoms with Crippen molar-refractivity contribution in [2.45, 2.75) is 25.3 Å². The van der Waals surface area contributed by atoms with Gasteiger partial charge in [0.25, 0.3) is 0 Å². The molecular formula is C9H19NOS. The lowest BCUT2D eigenvalue weighted by molar-refractivity contribution is 0.108. The van der Waals surface area contributed by atoms with Crippen molar-refractivity contribution >= 4 is 11.8 Å². The maximum atomic E-state index is 8.86. The van der Waals surface area contributed by atoms with Gasteiger partial charge >= 0.3 is 0 Å². The van der Waals surface area contributed by atoms with E-state index in [-0.39, 0.29) is 0 Å². The molecular weight excluding hydrogens is 170 g/mol. The van der Waals surface area contributed by atoms with Crippen molar-refractivity contribution in [1.29, 1.82) is 0 Å². The molecule has 1 saturated carbocycles. The predicted octanol–water partition coefficient (Wildman–Crippen LogP) is 1.20. The SMILES string of the molecule is CSCCN(CCO)C1CCC1. The van der Waals surface area contributed by atoms with E-state index in [9.17, 15) is 0 Å². The molecule has 0 aromatic heterocycles. The second kappa shape index (κ2) is 5.84. The summed E-state index contributed by atoms with van der Waals surface area (Å²) in [5.74, 6) is 1.19. The second-order valence-corrected chi connectivity index (χ2v) is 4.32. The lowest BCUT2D eigenvalue weighted by Gasteiger charge is -2.37. The number of aliphatic hydroxyl groups is 1. The molecule has 0 unspecified atom stereocenters. The molecule has 0 radical (unpaired) electrons. The van der Waals surface area contributed by atoms with Crippen LogP contribution in [0.5, 0.6) is 0 Å². The molecule has 0 heterocycles. The molecule has 0 aliphatic heterocycles. The summed E-state index contributed by atoms with van der Waals surface area (Å²) in [5, 5.41) is 8.86. The summed E-state index contributed by atoms with van der Waals surface area (Å²) in [5.41, 5.74) is 0. The van der Waals surface area contributed by atoms with Crippen LogP contribution in [0.4, 0.5) is 0 Å². The second-order valence-electron chi connectivity index (χ2n) is 3.34. The van der Waals surface area contributed by atoms with E-state index in [0.717, 1.165) is 19.1 Å². The van der Waals surface area contributed by atoms with Gasteiger partial charge in [-0.25, -0.2) is 0 Å². The van der Waals surface area contributed by atoms with E-state index in [1.807, 2.05) is 11.8 Å². The average molecular weight is 189 g/mol. The van der Waals surface area contributed by atoms with Crippen molar-refractivity contribution in [3.63, 3.8) is 0 Å². The fourth-order valence-corrected chi connectivity index (χ4v) is 1.98. The Balaban J connectivity index is 2.17. The van der Waals surface area contributed by atoms with Crippen molar-refractivity contribution in [2.24, 2.45) is 0 Å². The monoisotopic (exact) mass is 189 g/mol. The van der Waals surface area contributed by atoms with E-state index in [2.05, 4.69) is 11.2 Å². The molecule has 1 rings (SSSR count). The molecule has 1 fully saturated rings. The summed E-state index contributed by atoms with van der Waals surface area (Å²) in [6.07, 6.45) is 6.20. The van der Waals surface area contributed by atoms with Crippen LogP contribution >= 0.6 is 11.8 Å². The predicted molar refractivity (Wildman–Crippen MR) is 54.7 cm³/mol. The normalized spacial score (nSPS) is 18.2. The molecule has 0 bridgehead atoms. The zero-order valence-corrected chi connectivity index (χ0v) is 8.65. The summed E-state index contributed by atoms with van der Waals surface area (Å²) in [4.78, 5) is 2.43. The van der Waals surface area contributed by atoms with E-state index in [4.69, 9.17) is 5.11 Å². The van der Waals surface area contributed by atoms with Gasteiger partial charge in [0.1, 0.15) is 0 Å². The minimum Gasteiger partial charge on any atom is -0.395 e. The van der Waals surface area contributed by atoms with Gasteiger partial charge in [0, 0.05) is 24.9 Å². The minimum atomic E-state index is 0.310. The number of hydrogen-bond donors (Lipinski definition) is 1. The van der Waals surface area contributed by atoms with Crippen molar-refractivity contribution in [3.8, 4) is 0 Å². The van der Waals surface area contributed by atoms with Gasteiger partial charge in [0.05, 0.1) is 6.61 Å². The van der Waals surface area contributed by atoms with Gasteiger partial charge in [-0.3, -0.25) is 4.90 Å². The topological polar surface area (TPSA) is 23.5 Å². The van der Waals surface area contributed by atoms with Crippen LogP contribution < -0.4 is 0 Å². The quantitative estimate of drug-likeness (QED) is 0.679. The third-order valence-electron chi connectivity index (χ3n) is 2.56. The van der Waals surface area contributed by atoms with Gasteiger partial charge in [-0.2, -0.15) is 11.8 Å². The van der Waals surface area contributed by atoms with E-state index in [1.165, 1.54) is 25.0 Å². The molecule has 0 aromatic carbocycles. The molecule has 0 amide bonds. The van der Waals surface area contributed by atoms with Crippen molar-refractivity contribution < 1.29 is 5.11 Å². The average Bonchev–Trinajstić information content (AvgIpc) is 1.97. The summed E-state index contributed by atoms with van der Waals surface area (Å²) in [6, 6.07) is 0.782. The molecule has 1 aliphatic rings. The Kier molecular flexibility index (Phi) is 5.04. The van der Waals surface area contributed by atoms with Gasteiger partial charge in [0.15, 0.2) is 0 Å². The summed E-state index contributed by atoms with van der Waals surface area (Å²) in [7, 11) is 0. The Morgan fingerprint density at radius 2 is 2.17 bits per heavy atom. The Bertz CT molecular complexity index is 117. The van der Waals surface area contributed by atoms with Crippen molar-refractivity contribution in [3.05, 3.63) is 0 Å². The highest BCUT2D eigenvalue weighted by Gasteiger charge is 2.23. The van der Waals surface area contributed by atoms with Gasteiger partial charge in [-0.1, -0.05) is 6.42 Å². The number of aliphatic hydroxyl groups excluding tert-OH is 1. The van der Waals surface area contributed by atoms with E-state index in [1.54, 1.807) is 0 Å². The van der Waals surface area contributed by atoms with Gasteiger partial charge in [0.2, 0.25) is 0 Å². The lowest BCUT2D eigenvalue weighted by Crippen LogP contribution is -2.42. The van der Waals surface area contributed by atoms with E-state index < -0.39 is 0 Å². The molecule has 0 spiro atoms. The van der Waals surface area contributed by atoms with Crippen LogP contribution in [0.2, 0.25) is 0 Å². The first-order valence-electron chi connectivity index (χ1n) is 4.72. The first-order valence-corrected chi connectivity index (χ1v) is 6.11. The molecule has 0 saturated heterocycles. The van der Waals surface area contributed by atoms with Gasteiger partial charge in [-0.15, -0.1) is 0 Å². The molecule has 12 heavy (non-hydrogen) atoms. The maximum absolute atomic E-state index is 8.86. The molecule has 0 aromatic rings. The molecule has 1 N–H and O–H groups in total. The highest BCUT2D eigenvalue weighted by atomic mass is 32.2. The largest absolute Gasteiger partial charge is 0.395 e. The standard InChI is InChI=1S/C9H19NOS/c1-12-8-6-10(5-7-11)9-3-2-4-9/h9,11H,2-8H2,1H3. The maximum Gasteiger partial charge on any atom is 0.0558 e. The number of nitrogens with zero attached hydrogens (tertiary/aromatic N) is 1. The van der Waals surface area contributed by atoms with Crippen LogP contribution in [0.15, 0.2) is 0 Å².